The molecule has 0 aromatic rings. The molecule has 58 heavy (non-hydrogen) atoms. The number of allylic oxidation sites excluding steroid dienone is 11. The summed E-state index contributed by atoms with van der Waals surface area (Å²) in [5, 5.41) is 23.0. The van der Waals surface area contributed by atoms with E-state index in [9.17, 15) is 15.0 Å². The van der Waals surface area contributed by atoms with E-state index in [1.165, 1.54) is 161 Å². The Labute approximate surface area is 361 Å². The molecule has 0 aromatic carbocycles. The fourth-order valence-corrected chi connectivity index (χ4v) is 7.36. The van der Waals surface area contributed by atoms with Gasteiger partial charge in [0.1, 0.15) is 0 Å². The molecular weight excluding hydrogens is 711 g/mol. The van der Waals surface area contributed by atoms with Gasteiger partial charge in [-0.1, -0.05) is 241 Å². The van der Waals surface area contributed by atoms with Crippen LogP contribution in [0.3, 0.4) is 0 Å². The molecule has 0 fully saturated rings. The molecule has 0 aliphatic rings. The number of aliphatic hydroxyl groups is 2. The fraction of sp³-hybridized carbons (Fsp3) is 0.759. The van der Waals surface area contributed by atoms with Crippen LogP contribution in [-0.4, -0.2) is 34.9 Å². The molecule has 0 saturated heterocycles. The Morgan fingerprint density at radius 3 is 1.21 bits per heavy atom. The summed E-state index contributed by atoms with van der Waals surface area (Å²) in [5.74, 6) is -0.115. The van der Waals surface area contributed by atoms with Crippen molar-refractivity contribution in [1.29, 1.82) is 0 Å². The highest BCUT2D eigenvalue weighted by molar-refractivity contribution is 5.76. The molecule has 2 atom stereocenters. The Morgan fingerprint density at radius 2 is 0.776 bits per heavy atom. The minimum Gasteiger partial charge on any atom is -0.394 e. The van der Waals surface area contributed by atoms with E-state index in [-0.39, 0.29) is 12.5 Å². The molecular formula is C54H97NO3. The third-order valence-corrected chi connectivity index (χ3v) is 11.2. The molecule has 0 bridgehead atoms. The summed E-state index contributed by atoms with van der Waals surface area (Å²) in [6.45, 7) is 4.17. The molecule has 4 heteroatoms. The smallest absolute Gasteiger partial charge is 0.220 e. The lowest BCUT2D eigenvalue weighted by Crippen LogP contribution is -2.45. The Hall–Kier alpha value is -2.17. The first kappa shape index (κ1) is 55.8. The first-order chi connectivity index (χ1) is 28.7. The lowest BCUT2D eigenvalue weighted by Gasteiger charge is -2.19. The van der Waals surface area contributed by atoms with Crippen LogP contribution in [0, 0.1) is 0 Å². The van der Waals surface area contributed by atoms with Gasteiger partial charge in [0.2, 0.25) is 5.91 Å². The summed E-state index contributed by atoms with van der Waals surface area (Å²) < 4.78 is 0. The number of hydrogen-bond acceptors (Lipinski definition) is 3. The van der Waals surface area contributed by atoms with Crippen LogP contribution < -0.4 is 5.32 Å². The second-order valence-electron chi connectivity index (χ2n) is 16.8. The molecule has 0 radical (unpaired) electrons. The van der Waals surface area contributed by atoms with Crippen molar-refractivity contribution in [2.75, 3.05) is 6.61 Å². The zero-order valence-electron chi connectivity index (χ0n) is 38.5. The zero-order chi connectivity index (χ0) is 42.1. The predicted octanol–water partition coefficient (Wildman–Crippen LogP) is 16.2. The number of hydrogen-bond donors (Lipinski definition) is 3. The third-order valence-electron chi connectivity index (χ3n) is 11.2. The van der Waals surface area contributed by atoms with Crippen molar-refractivity contribution in [2.45, 2.75) is 257 Å². The maximum Gasteiger partial charge on any atom is 0.220 e. The second-order valence-corrected chi connectivity index (χ2v) is 16.8. The van der Waals surface area contributed by atoms with Crippen molar-refractivity contribution in [3.8, 4) is 0 Å². The zero-order valence-corrected chi connectivity index (χ0v) is 38.5. The monoisotopic (exact) mass is 808 g/mol. The fourth-order valence-electron chi connectivity index (χ4n) is 7.36. The maximum absolute atomic E-state index is 12.4. The van der Waals surface area contributed by atoms with E-state index in [1.54, 1.807) is 6.08 Å². The van der Waals surface area contributed by atoms with E-state index in [0.717, 1.165) is 64.2 Å². The van der Waals surface area contributed by atoms with Gasteiger partial charge in [0.05, 0.1) is 18.8 Å². The molecule has 0 heterocycles. The molecule has 0 aliphatic carbocycles. The summed E-state index contributed by atoms with van der Waals surface area (Å²) in [6, 6.07) is -0.665. The van der Waals surface area contributed by atoms with Crippen LogP contribution >= 0.6 is 0 Å². The van der Waals surface area contributed by atoms with Gasteiger partial charge < -0.3 is 15.5 Å². The van der Waals surface area contributed by atoms with Crippen LogP contribution in [-0.2, 0) is 4.79 Å². The molecule has 0 saturated carbocycles. The number of amides is 1. The molecule has 0 aromatic heterocycles. The quantitative estimate of drug-likeness (QED) is 0.0424. The molecule has 4 nitrogen and oxygen atoms in total. The number of rotatable bonds is 45. The summed E-state index contributed by atoms with van der Waals surface area (Å²) in [6.07, 6.45) is 70.6. The predicted molar refractivity (Wildman–Crippen MR) is 257 cm³/mol. The highest BCUT2D eigenvalue weighted by atomic mass is 16.3. The molecule has 0 aliphatic heterocycles. The highest BCUT2D eigenvalue weighted by Crippen LogP contribution is 2.16. The van der Waals surface area contributed by atoms with Crippen molar-refractivity contribution in [2.24, 2.45) is 0 Å². The second kappa shape index (κ2) is 49.2. The van der Waals surface area contributed by atoms with Crippen molar-refractivity contribution >= 4 is 5.91 Å². The summed E-state index contributed by atoms with van der Waals surface area (Å²) >= 11 is 0. The van der Waals surface area contributed by atoms with Crippen LogP contribution in [0.1, 0.15) is 245 Å². The first-order valence-corrected chi connectivity index (χ1v) is 25.2. The highest BCUT2D eigenvalue weighted by Gasteiger charge is 2.17. The van der Waals surface area contributed by atoms with Crippen molar-refractivity contribution in [3.63, 3.8) is 0 Å². The maximum atomic E-state index is 12.4. The molecule has 3 N–H and O–H groups in total. The number of nitrogens with one attached hydrogen (secondary N) is 1. The number of unbranched alkanes of at least 4 members (excludes halogenated alkanes) is 28. The van der Waals surface area contributed by atoms with E-state index in [0.29, 0.717) is 6.42 Å². The van der Waals surface area contributed by atoms with Crippen LogP contribution in [0.5, 0.6) is 0 Å². The average molecular weight is 808 g/mol. The molecule has 0 spiro atoms. The minimum absolute atomic E-state index is 0.115. The van der Waals surface area contributed by atoms with E-state index in [1.807, 2.05) is 6.08 Å². The largest absolute Gasteiger partial charge is 0.394 e. The van der Waals surface area contributed by atoms with Crippen molar-refractivity contribution in [3.05, 3.63) is 72.9 Å². The third kappa shape index (κ3) is 44.9. The normalized spacial score (nSPS) is 13.5. The van der Waals surface area contributed by atoms with Crippen molar-refractivity contribution in [1.82, 2.24) is 5.32 Å². The number of carbonyl (C=O) groups excluding carboxylic acids is 1. The Balaban J connectivity index is 3.56. The van der Waals surface area contributed by atoms with Gasteiger partial charge in [0.15, 0.2) is 0 Å². The van der Waals surface area contributed by atoms with E-state index >= 15 is 0 Å². The van der Waals surface area contributed by atoms with Crippen LogP contribution in [0.15, 0.2) is 72.9 Å². The Bertz CT molecular complexity index is 1010. The van der Waals surface area contributed by atoms with E-state index in [2.05, 4.69) is 79.9 Å². The molecule has 1 amide bonds. The molecule has 0 rings (SSSR count). The lowest BCUT2D eigenvalue weighted by atomic mass is 10.0. The lowest BCUT2D eigenvalue weighted by molar-refractivity contribution is -0.123. The van der Waals surface area contributed by atoms with Gasteiger partial charge in [0.25, 0.3) is 0 Å². The topological polar surface area (TPSA) is 69.6 Å². The summed E-state index contributed by atoms with van der Waals surface area (Å²) in [4.78, 5) is 12.4. The van der Waals surface area contributed by atoms with Gasteiger partial charge in [-0.25, -0.2) is 0 Å². The van der Waals surface area contributed by atoms with Crippen LogP contribution in [0.25, 0.3) is 0 Å². The van der Waals surface area contributed by atoms with Crippen LogP contribution in [0.2, 0.25) is 0 Å². The van der Waals surface area contributed by atoms with Gasteiger partial charge in [0, 0.05) is 6.42 Å². The van der Waals surface area contributed by atoms with Gasteiger partial charge in [-0.15, -0.1) is 0 Å². The Kier molecular flexibility index (Phi) is 47.4. The van der Waals surface area contributed by atoms with Gasteiger partial charge in [-0.3, -0.25) is 4.79 Å². The van der Waals surface area contributed by atoms with E-state index in [4.69, 9.17) is 0 Å². The van der Waals surface area contributed by atoms with Crippen molar-refractivity contribution < 1.29 is 15.0 Å². The minimum atomic E-state index is -0.883. The van der Waals surface area contributed by atoms with E-state index < -0.39 is 12.1 Å². The number of carbonyl (C=O) groups is 1. The standard InChI is InChI=1S/C54H97NO3/c1-3-5-7-9-11-13-15-17-19-20-21-22-23-24-25-26-27-28-29-30-31-32-33-34-36-37-39-41-43-45-47-49-53(57)52(51-56)55-54(58)50-48-46-44-42-40-38-35-18-16-14-12-10-8-6-4-2/h6,8,12,14,18,35,39-42,47,49,52-53,56-57H,3-5,7,9-11,13,15-17,19-34,36-38,43-46,48,50-51H2,1-2H3,(H,55,58)/b8-6-,14-12-,35-18-,41-39+,42-40-,49-47+. The first-order valence-electron chi connectivity index (χ1n) is 25.2. The molecule has 336 valence electrons. The number of aliphatic hydroxyl groups excluding tert-OH is 2. The van der Waals surface area contributed by atoms with Gasteiger partial charge in [-0.2, -0.15) is 0 Å². The van der Waals surface area contributed by atoms with Gasteiger partial charge in [-0.05, 0) is 70.6 Å². The SMILES string of the molecule is CC/C=C\C/C=C\C/C=C\C/C=C\CCCCC(=O)NC(CO)C(O)/C=C/CC/C=C/CCCCCCCCCCCCCCCCCCCCCCCCCCC. The van der Waals surface area contributed by atoms with Gasteiger partial charge >= 0.3 is 0 Å². The Morgan fingerprint density at radius 1 is 0.431 bits per heavy atom. The summed E-state index contributed by atoms with van der Waals surface area (Å²) in [7, 11) is 0. The summed E-state index contributed by atoms with van der Waals surface area (Å²) in [5.41, 5.74) is 0. The average Bonchev–Trinajstić information content (AvgIpc) is 3.23. The molecule has 2 unspecified atom stereocenters. The van der Waals surface area contributed by atoms with Crippen LogP contribution in [0.4, 0.5) is 0 Å².